The van der Waals surface area contributed by atoms with Gasteiger partial charge in [-0.25, -0.2) is 4.68 Å². The smallest absolute Gasteiger partial charge is 0.230 e. The van der Waals surface area contributed by atoms with Gasteiger partial charge in [-0.3, -0.25) is 9.36 Å². The second kappa shape index (κ2) is 8.96. The Morgan fingerprint density at radius 3 is 2.77 bits per heavy atom. The minimum Gasteiger partial charge on any atom is -0.351 e. The molecule has 4 aromatic rings. The van der Waals surface area contributed by atoms with Crippen LogP contribution in [-0.4, -0.2) is 36.2 Å². The summed E-state index contributed by atoms with van der Waals surface area (Å²) in [5.41, 5.74) is 5.36. The molecule has 1 amide bonds. The van der Waals surface area contributed by atoms with Crippen molar-refractivity contribution in [1.82, 2.24) is 29.9 Å². The summed E-state index contributed by atoms with van der Waals surface area (Å²) in [6, 6.07) is 15.9. The van der Waals surface area contributed by atoms with E-state index in [4.69, 9.17) is 0 Å². The standard InChI is InChI=1S/C22H22N6OS/c1-16-8-9-19(12-17(16)2)27-15-24-26-22(27)30-14-21(29)23-13-18-6-3-4-7-20(18)28-11-5-10-25-28/h3-12,15H,13-14H2,1-2H3,(H,23,29). The first-order valence-corrected chi connectivity index (χ1v) is 10.6. The minimum absolute atomic E-state index is 0.0649. The predicted molar refractivity (Wildman–Crippen MR) is 117 cm³/mol. The third-order valence-corrected chi connectivity index (χ3v) is 5.78. The van der Waals surface area contributed by atoms with E-state index in [0.29, 0.717) is 11.7 Å². The number of hydrogen-bond donors (Lipinski definition) is 1. The Balaban J connectivity index is 1.38. The molecule has 0 saturated carbocycles. The average Bonchev–Trinajstić information content (AvgIpc) is 3.45. The minimum atomic E-state index is -0.0649. The lowest BCUT2D eigenvalue weighted by atomic mass is 10.1. The van der Waals surface area contributed by atoms with E-state index in [1.54, 1.807) is 17.2 Å². The van der Waals surface area contributed by atoms with Crippen LogP contribution in [0.1, 0.15) is 16.7 Å². The summed E-state index contributed by atoms with van der Waals surface area (Å²) in [6.45, 7) is 4.58. The van der Waals surface area contributed by atoms with Gasteiger partial charge >= 0.3 is 0 Å². The Morgan fingerprint density at radius 2 is 1.97 bits per heavy atom. The normalized spacial score (nSPS) is 10.9. The van der Waals surface area contributed by atoms with E-state index in [9.17, 15) is 4.79 Å². The van der Waals surface area contributed by atoms with E-state index < -0.39 is 0 Å². The Bertz CT molecular complexity index is 1150. The quantitative estimate of drug-likeness (QED) is 0.465. The van der Waals surface area contributed by atoms with E-state index in [2.05, 4.69) is 46.6 Å². The summed E-state index contributed by atoms with van der Waals surface area (Å²) < 4.78 is 3.69. The molecule has 2 heterocycles. The molecule has 152 valence electrons. The van der Waals surface area contributed by atoms with Gasteiger partial charge in [-0.1, -0.05) is 36.0 Å². The van der Waals surface area contributed by atoms with Crippen LogP contribution in [0, 0.1) is 13.8 Å². The Kier molecular flexibility index (Phi) is 5.94. The van der Waals surface area contributed by atoms with Crippen molar-refractivity contribution >= 4 is 17.7 Å². The second-order valence-corrected chi connectivity index (χ2v) is 7.84. The molecule has 0 saturated heterocycles. The molecule has 7 nitrogen and oxygen atoms in total. The second-order valence-electron chi connectivity index (χ2n) is 6.90. The molecule has 2 aromatic carbocycles. The van der Waals surface area contributed by atoms with Gasteiger partial charge in [-0.05, 0) is 54.8 Å². The van der Waals surface area contributed by atoms with Crippen molar-refractivity contribution in [1.29, 1.82) is 0 Å². The van der Waals surface area contributed by atoms with Gasteiger partial charge in [0.15, 0.2) is 5.16 Å². The molecule has 0 aliphatic carbocycles. The number of rotatable bonds is 7. The number of carbonyl (C=O) groups excluding carboxylic acids is 1. The SMILES string of the molecule is Cc1ccc(-n2cnnc2SCC(=O)NCc2ccccc2-n2cccn2)cc1C. The topological polar surface area (TPSA) is 77.6 Å². The Hall–Kier alpha value is -3.39. The summed E-state index contributed by atoms with van der Waals surface area (Å²) in [6.07, 6.45) is 5.29. The van der Waals surface area contributed by atoms with Crippen LogP contribution in [0.15, 0.2) is 72.4 Å². The van der Waals surface area contributed by atoms with E-state index in [1.807, 2.05) is 47.2 Å². The van der Waals surface area contributed by atoms with Crippen molar-refractivity contribution in [3.63, 3.8) is 0 Å². The molecule has 0 fully saturated rings. The highest BCUT2D eigenvalue weighted by Gasteiger charge is 2.12. The fraction of sp³-hybridized carbons (Fsp3) is 0.182. The van der Waals surface area contributed by atoms with E-state index >= 15 is 0 Å². The van der Waals surface area contributed by atoms with E-state index in [0.717, 1.165) is 16.9 Å². The summed E-state index contributed by atoms with van der Waals surface area (Å²) in [7, 11) is 0. The molecule has 1 N–H and O–H groups in total. The third kappa shape index (κ3) is 4.44. The van der Waals surface area contributed by atoms with Gasteiger partial charge in [0.2, 0.25) is 5.91 Å². The Morgan fingerprint density at radius 1 is 1.10 bits per heavy atom. The number of carbonyl (C=O) groups is 1. The van der Waals surface area contributed by atoms with Crippen LogP contribution in [-0.2, 0) is 11.3 Å². The fourth-order valence-electron chi connectivity index (χ4n) is 3.05. The molecule has 0 bridgehead atoms. The highest BCUT2D eigenvalue weighted by molar-refractivity contribution is 7.99. The lowest BCUT2D eigenvalue weighted by Gasteiger charge is -2.11. The molecule has 0 atom stereocenters. The number of aromatic nitrogens is 5. The molecule has 30 heavy (non-hydrogen) atoms. The molecule has 2 aromatic heterocycles. The van der Waals surface area contributed by atoms with Crippen molar-refractivity contribution in [3.8, 4) is 11.4 Å². The van der Waals surface area contributed by atoms with Crippen LogP contribution >= 0.6 is 11.8 Å². The maximum absolute atomic E-state index is 12.4. The monoisotopic (exact) mass is 418 g/mol. The van der Waals surface area contributed by atoms with Crippen molar-refractivity contribution in [2.45, 2.75) is 25.5 Å². The van der Waals surface area contributed by atoms with Gasteiger partial charge in [0.05, 0.1) is 11.4 Å². The maximum Gasteiger partial charge on any atom is 0.230 e. The number of nitrogens with zero attached hydrogens (tertiary/aromatic N) is 5. The summed E-state index contributed by atoms with van der Waals surface area (Å²) in [4.78, 5) is 12.4. The van der Waals surface area contributed by atoms with Crippen molar-refractivity contribution in [2.75, 3.05) is 5.75 Å². The molecule has 0 radical (unpaired) electrons. The third-order valence-electron chi connectivity index (χ3n) is 4.84. The number of nitrogens with one attached hydrogen (secondary N) is 1. The number of aryl methyl sites for hydroxylation is 2. The largest absolute Gasteiger partial charge is 0.351 e. The van der Waals surface area contributed by atoms with Crippen LogP contribution in [0.5, 0.6) is 0 Å². The van der Waals surface area contributed by atoms with Crippen LogP contribution in [0.2, 0.25) is 0 Å². The molecule has 4 rings (SSSR count). The summed E-state index contributed by atoms with van der Waals surface area (Å²) in [5, 5.41) is 16.1. The molecular weight excluding hydrogens is 396 g/mol. The molecular formula is C22H22N6OS. The molecule has 0 aliphatic rings. The van der Waals surface area contributed by atoms with Gasteiger partial charge in [-0.15, -0.1) is 10.2 Å². The van der Waals surface area contributed by atoms with Crippen LogP contribution < -0.4 is 5.32 Å². The number of para-hydroxylation sites is 1. The number of hydrogen-bond acceptors (Lipinski definition) is 5. The van der Waals surface area contributed by atoms with Crippen molar-refractivity contribution in [2.24, 2.45) is 0 Å². The zero-order chi connectivity index (χ0) is 20.9. The zero-order valence-corrected chi connectivity index (χ0v) is 17.6. The summed E-state index contributed by atoms with van der Waals surface area (Å²) in [5.74, 6) is 0.193. The maximum atomic E-state index is 12.4. The molecule has 8 heteroatoms. The fourth-order valence-corrected chi connectivity index (χ4v) is 3.80. The van der Waals surface area contributed by atoms with E-state index in [-0.39, 0.29) is 11.7 Å². The lowest BCUT2D eigenvalue weighted by Crippen LogP contribution is -2.25. The number of amides is 1. The highest BCUT2D eigenvalue weighted by atomic mass is 32.2. The van der Waals surface area contributed by atoms with Gasteiger partial charge < -0.3 is 5.32 Å². The number of benzene rings is 2. The molecule has 0 aliphatic heterocycles. The highest BCUT2D eigenvalue weighted by Crippen LogP contribution is 2.21. The first-order valence-electron chi connectivity index (χ1n) is 9.57. The average molecular weight is 419 g/mol. The first kappa shape index (κ1) is 19.9. The van der Waals surface area contributed by atoms with Crippen LogP contribution in [0.3, 0.4) is 0 Å². The van der Waals surface area contributed by atoms with Crippen molar-refractivity contribution < 1.29 is 4.79 Å². The zero-order valence-electron chi connectivity index (χ0n) is 16.8. The van der Waals surface area contributed by atoms with Crippen LogP contribution in [0.25, 0.3) is 11.4 Å². The van der Waals surface area contributed by atoms with E-state index in [1.165, 1.54) is 22.9 Å². The summed E-state index contributed by atoms with van der Waals surface area (Å²) >= 11 is 1.36. The predicted octanol–water partition coefficient (Wildman–Crippen LogP) is 3.48. The number of thioether (sulfide) groups is 1. The van der Waals surface area contributed by atoms with Gasteiger partial charge in [0.1, 0.15) is 6.33 Å². The first-order chi connectivity index (χ1) is 14.6. The molecule has 0 unspecified atom stereocenters. The van der Waals surface area contributed by atoms with Crippen molar-refractivity contribution in [3.05, 3.63) is 83.9 Å². The van der Waals surface area contributed by atoms with Gasteiger partial charge in [-0.2, -0.15) is 5.10 Å². The lowest BCUT2D eigenvalue weighted by molar-refractivity contribution is -0.118. The Labute approximate surface area is 179 Å². The van der Waals surface area contributed by atoms with Gasteiger partial charge in [0, 0.05) is 24.6 Å². The molecule has 0 spiro atoms. The van der Waals surface area contributed by atoms with Crippen LogP contribution in [0.4, 0.5) is 0 Å². The van der Waals surface area contributed by atoms with Gasteiger partial charge in [0.25, 0.3) is 0 Å².